The molecule has 1 aliphatic heterocycles. The van der Waals surface area contributed by atoms with Gasteiger partial charge in [-0.15, -0.1) is 0 Å². The highest BCUT2D eigenvalue weighted by Crippen LogP contribution is 2.30. The Kier molecular flexibility index (Phi) is 4.53. The third-order valence-electron chi connectivity index (χ3n) is 3.58. The van der Waals surface area contributed by atoms with Crippen molar-refractivity contribution in [1.82, 2.24) is 0 Å². The lowest BCUT2D eigenvalue weighted by molar-refractivity contribution is 0.601. The number of nitrogens with zero attached hydrogens (tertiary/aromatic N) is 1. The van der Waals surface area contributed by atoms with Crippen molar-refractivity contribution in [3.8, 4) is 0 Å². The molecule has 1 aliphatic rings. The van der Waals surface area contributed by atoms with E-state index >= 15 is 0 Å². The van der Waals surface area contributed by atoms with Crippen LogP contribution in [-0.2, 0) is 16.3 Å². The monoisotopic (exact) mass is 346 g/mol. The molecule has 6 heteroatoms. The van der Waals surface area contributed by atoms with Crippen molar-refractivity contribution < 1.29 is 8.42 Å². The summed E-state index contributed by atoms with van der Waals surface area (Å²) in [7, 11) is -0.899. The fourth-order valence-electron chi connectivity index (χ4n) is 2.44. The third-order valence-corrected chi connectivity index (χ3v) is 5.97. The fraction of sp³-hybridized carbons (Fsp3) is 0.538. The van der Waals surface area contributed by atoms with E-state index in [1.807, 2.05) is 19.2 Å². The van der Waals surface area contributed by atoms with Gasteiger partial charge in [-0.3, -0.25) is 0 Å². The van der Waals surface area contributed by atoms with Gasteiger partial charge in [-0.1, -0.05) is 6.07 Å². The largest absolute Gasteiger partial charge is 0.370 e. The number of rotatable bonds is 4. The molecule has 0 saturated carbocycles. The van der Waals surface area contributed by atoms with Crippen LogP contribution in [0.4, 0.5) is 5.69 Å². The maximum absolute atomic E-state index is 11.5. The third kappa shape index (κ3) is 3.49. The van der Waals surface area contributed by atoms with E-state index < -0.39 is 9.84 Å². The van der Waals surface area contributed by atoms with Crippen LogP contribution in [0.25, 0.3) is 0 Å². The van der Waals surface area contributed by atoms with Gasteiger partial charge in [0.05, 0.1) is 17.2 Å². The van der Waals surface area contributed by atoms with Crippen LogP contribution in [0, 0.1) is 0 Å². The minimum absolute atomic E-state index is 0.0710. The maximum atomic E-state index is 11.5. The minimum Gasteiger partial charge on any atom is -0.370 e. The van der Waals surface area contributed by atoms with Crippen LogP contribution in [0.15, 0.2) is 22.7 Å². The molecule has 1 unspecified atom stereocenters. The fourth-order valence-corrected chi connectivity index (χ4v) is 4.92. The van der Waals surface area contributed by atoms with Crippen molar-refractivity contribution in [2.24, 2.45) is 5.73 Å². The zero-order valence-corrected chi connectivity index (χ0v) is 13.4. The van der Waals surface area contributed by atoms with E-state index in [0.717, 1.165) is 16.6 Å². The number of halogens is 1. The van der Waals surface area contributed by atoms with Crippen LogP contribution in [0.3, 0.4) is 0 Å². The number of hydrogen-bond donors (Lipinski definition) is 1. The Morgan fingerprint density at radius 1 is 1.47 bits per heavy atom. The summed E-state index contributed by atoms with van der Waals surface area (Å²) in [5.74, 6) is 0.547. The van der Waals surface area contributed by atoms with Crippen molar-refractivity contribution in [1.29, 1.82) is 0 Å². The SMILES string of the molecule is CN(c1ccc(CCN)cc1Br)C1CCS(=O)(=O)C1. The van der Waals surface area contributed by atoms with Gasteiger partial charge in [-0.2, -0.15) is 0 Å². The minimum atomic E-state index is -2.85. The van der Waals surface area contributed by atoms with Gasteiger partial charge < -0.3 is 10.6 Å². The number of nitrogens with two attached hydrogens (primary N) is 1. The Morgan fingerprint density at radius 2 is 2.21 bits per heavy atom. The molecule has 106 valence electrons. The van der Waals surface area contributed by atoms with Gasteiger partial charge in [0.1, 0.15) is 0 Å². The Balaban J connectivity index is 2.18. The van der Waals surface area contributed by atoms with Gasteiger partial charge in [0.15, 0.2) is 9.84 Å². The summed E-state index contributed by atoms with van der Waals surface area (Å²) < 4.78 is 24.1. The lowest BCUT2D eigenvalue weighted by atomic mass is 10.1. The molecule has 2 N–H and O–H groups in total. The van der Waals surface area contributed by atoms with E-state index in [1.54, 1.807) is 0 Å². The maximum Gasteiger partial charge on any atom is 0.152 e. The van der Waals surface area contributed by atoms with Gasteiger partial charge >= 0.3 is 0 Å². The quantitative estimate of drug-likeness (QED) is 0.898. The second-order valence-electron chi connectivity index (χ2n) is 4.99. The Morgan fingerprint density at radius 3 is 2.74 bits per heavy atom. The van der Waals surface area contributed by atoms with Crippen LogP contribution < -0.4 is 10.6 Å². The topological polar surface area (TPSA) is 63.4 Å². The average molecular weight is 347 g/mol. The average Bonchev–Trinajstić information content (AvgIpc) is 2.70. The van der Waals surface area contributed by atoms with Crippen LogP contribution in [-0.4, -0.2) is 39.6 Å². The second kappa shape index (κ2) is 5.81. The van der Waals surface area contributed by atoms with E-state index in [2.05, 4.69) is 26.9 Å². The number of benzene rings is 1. The van der Waals surface area contributed by atoms with Gasteiger partial charge in [0.25, 0.3) is 0 Å². The highest BCUT2D eigenvalue weighted by atomic mass is 79.9. The smallest absolute Gasteiger partial charge is 0.152 e. The molecule has 0 aromatic heterocycles. The zero-order chi connectivity index (χ0) is 14.0. The lowest BCUT2D eigenvalue weighted by Gasteiger charge is -2.27. The molecule has 2 rings (SSSR count). The molecule has 1 fully saturated rings. The lowest BCUT2D eigenvalue weighted by Crippen LogP contribution is -2.32. The highest BCUT2D eigenvalue weighted by Gasteiger charge is 2.31. The predicted octanol–water partition coefficient (Wildman–Crippen LogP) is 1.57. The molecule has 1 atom stereocenters. The molecule has 0 radical (unpaired) electrons. The molecule has 0 spiro atoms. The summed E-state index contributed by atoms with van der Waals surface area (Å²) >= 11 is 3.56. The van der Waals surface area contributed by atoms with E-state index in [9.17, 15) is 8.42 Å². The number of anilines is 1. The number of sulfone groups is 1. The summed E-state index contributed by atoms with van der Waals surface area (Å²) in [6.07, 6.45) is 1.55. The normalized spacial score (nSPS) is 21.5. The van der Waals surface area contributed by atoms with Gasteiger partial charge in [0.2, 0.25) is 0 Å². The van der Waals surface area contributed by atoms with Crippen molar-refractivity contribution in [3.63, 3.8) is 0 Å². The highest BCUT2D eigenvalue weighted by molar-refractivity contribution is 9.10. The van der Waals surface area contributed by atoms with Crippen molar-refractivity contribution in [2.75, 3.05) is 30.0 Å². The Hall–Kier alpha value is -0.590. The predicted molar refractivity (Wildman–Crippen MR) is 82.4 cm³/mol. The summed E-state index contributed by atoms with van der Waals surface area (Å²) in [5.41, 5.74) is 7.76. The molecule has 1 aromatic carbocycles. The first kappa shape index (κ1) is 14.8. The summed E-state index contributed by atoms with van der Waals surface area (Å²) in [6, 6.07) is 6.20. The van der Waals surface area contributed by atoms with E-state index in [0.29, 0.717) is 18.7 Å². The first-order valence-electron chi connectivity index (χ1n) is 6.35. The standard InChI is InChI=1S/C13H19BrN2O2S/c1-16(11-5-7-19(17,18)9-11)13-3-2-10(4-6-15)8-12(13)14/h2-3,8,11H,4-7,9,15H2,1H3. The molecule has 4 nitrogen and oxygen atoms in total. The van der Waals surface area contributed by atoms with E-state index in [-0.39, 0.29) is 11.8 Å². The van der Waals surface area contributed by atoms with Gasteiger partial charge in [-0.05, 0) is 53.0 Å². The van der Waals surface area contributed by atoms with Crippen molar-refractivity contribution in [3.05, 3.63) is 28.2 Å². The number of hydrogen-bond acceptors (Lipinski definition) is 4. The van der Waals surface area contributed by atoms with Gasteiger partial charge in [-0.25, -0.2) is 8.42 Å². The zero-order valence-electron chi connectivity index (χ0n) is 11.0. The van der Waals surface area contributed by atoms with Gasteiger partial charge in [0, 0.05) is 17.6 Å². The van der Waals surface area contributed by atoms with Crippen LogP contribution in [0.5, 0.6) is 0 Å². The van der Waals surface area contributed by atoms with Crippen LogP contribution in [0.2, 0.25) is 0 Å². The van der Waals surface area contributed by atoms with E-state index in [1.165, 1.54) is 5.56 Å². The Labute approximate surface area is 123 Å². The molecular formula is C13H19BrN2O2S. The first-order valence-corrected chi connectivity index (χ1v) is 8.96. The molecule has 0 aliphatic carbocycles. The molecule has 19 heavy (non-hydrogen) atoms. The molecule has 0 amide bonds. The summed E-state index contributed by atoms with van der Waals surface area (Å²) in [6.45, 7) is 0.627. The molecule has 0 bridgehead atoms. The van der Waals surface area contributed by atoms with Crippen molar-refractivity contribution >= 4 is 31.5 Å². The Bertz CT molecular complexity index is 560. The molecular weight excluding hydrogens is 328 g/mol. The van der Waals surface area contributed by atoms with E-state index in [4.69, 9.17) is 5.73 Å². The second-order valence-corrected chi connectivity index (χ2v) is 8.08. The summed E-state index contributed by atoms with van der Waals surface area (Å²) in [5, 5.41) is 0. The van der Waals surface area contributed by atoms with Crippen molar-refractivity contribution in [2.45, 2.75) is 18.9 Å². The van der Waals surface area contributed by atoms with Crippen LogP contribution >= 0.6 is 15.9 Å². The molecule has 1 saturated heterocycles. The summed E-state index contributed by atoms with van der Waals surface area (Å²) in [4.78, 5) is 2.06. The van der Waals surface area contributed by atoms with Crippen LogP contribution in [0.1, 0.15) is 12.0 Å². The molecule has 1 aromatic rings. The first-order chi connectivity index (χ1) is 8.93. The molecule has 1 heterocycles.